The third-order valence-electron chi connectivity index (χ3n) is 3.08. The van der Waals surface area contributed by atoms with Crippen LogP contribution >= 0.6 is 0 Å². The van der Waals surface area contributed by atoms with Crippen molar-refractivity contribution in [3.63, 3.8) is 0 Å². The first-order valence-electron chi connectivity index (χ1n) is 6.41. The Bertz CT molecular complexity index is 673. The normalized spacial score (nSPS) is 10.4. The lowest BCUT2D eigenvalue weighted by Crippen LogP contribution is -2.06. The maximum absolute atomic E-state index is 4.38. The summed E-state index contributed by atoms with van der Waals surface area (Å²) in [6.07, 6.45) is 5.38. The van der Waals surface area contributed by atoms with E-state index in [4.69, 9.17) is 0 Å². The summed E-state index contributed by atoms with van der Waals surface area (Å²) in [5.74, 6) is 0.733. The largest absolute Gasteiger partial charge is 0.377 e. The van der Waals surface area contributed by atoms with Crippen LogP contribution in [0, 0.1) is 0 Å². The molecule has 20 heavy (non-hydrogen) atoms. The zero-order valence-electron chi connectivity index (χ0n) is 11.2. The van der Waals surface area contributed by atoms with Gasteiger partial charge in [-0.15, -0.1) is 0 Å². The van der Waals surface area contributed by atoms with Crippen molar-refractivity contribution in [3.05, 3.63) is 60.7 Å². The van der Waals surface area contributed by atoms with Crippen molar-refractivity contribution in [3.8, 4) is 11.4 Å². The summed E-state index contributed by atoms with van der Waals surface area (Å²) >= 11 is 0. The van der Waals surface area contributed by atoms with Gasteiger partial charge in [0.15, 0.2) is 5.82 Å². The maximum Gasteiger partial charge on any atom is 0.159 e. The number of nitrogens with one attached hydrogen (secondary N) is 1. The van der Waals surface area contributed by atoms with Gasteiger partial charge in [-0.05, 0) is 6.07 Å². The van der Waals surface area contributed by atoms with Crippen LogP contribution in [-0.4, -0.2) is 19.7 Å². The number of aromatic nitrogens is 4. The first-order chi connectivity index (χ1) is 9.83. The number of rotatable bonds is 4. The lowest BCUT2D eigenvalue weighted by molar-refractivity contribution is 0.720. The third kappa shape index (κ3) is 2.66. The fraction of sp³-hybridized carbons (Fsp3) is 0.133. The van der Waals surface area contributed by atoms with E-state index in [-0.39, 0.29) is 0 Å². The summed E-state index contributed by atoms with van der Waals surface area (Å²) in [7, 11) is 1.92. The summed E-state index contributed by atoms with van der Waals surface area (Å²) in [6, 6.07) is 11.9. The Balaban J connectivity index is 1.69. The minimum absolute atomic E-state index is 0.699. The van der Waals surface area contributed by atoms with E-state index in [2.05, 4.69) is 20.4 Å². The van der Waals surface area contributed by atoms with Crippen LogP contribution < -0.4 is 5.32 Å². The molecule has 100 valence electrons. The van der Waals surface area contributed by atoms with Crippen LogP contribution in [0.1, 0.15) is 5.69 Å². The summed E-state index contributed by atoms with van der Waals surface area (Å²) < 4.78 is 1.84. The van der Waals surface area contributed by atoms with Gasteiger partial charge in [-0.25, -0.2) is 9.97 Å². The molecule has 0 amide bonds. The lowest BCUT2D eigenvalue weighted by Gasteiger charge is -2.06. The first kappa shape index (κ1) is 12.3. The van der Waals surface area contributed by atoms with Crippen LogP contribution in [-0.2, 0) is 13.6 Å². The molecule has 2 aromatic heterocycles. The number of anilines is 1. The highest BCUT2D eigenvalue weighted by Gasteiger charge is 2.02. The molecule has 0 unspecified atom stereocenters. The predicted octanol–water partition coefficient (Wildman–Crippen LogP) is 2.49. The molecular formula is C15H15N5. The Hall–Kier alpha value is -2.69. The van der Waals surface area contributed by atoms with Crippen LogP contribution in [0.5, 0.6) is 0 Å². The first-order valence-corrected chi connectivity index (χ1v) is 6.41. The molecule has 0 radical (unpaired) electrons. The van der Waals surface area contributed by atoms with Crippen molar-refractivity contribution in [2.45, 2.75) is 6.54 Å². The van der Waals surface area contributed by atoms with Crippen LogP contribution in [0.3, 0.4) is 0 Å². The van der Waals surface area contributed by atoms with E-state index in [1.807, 2.05) is 48.1 Å². The fourth-order valence-electron chi connectivity index (χ4n) is 1.92. The van der Waals surface area contributed by atoms with Crippen LogP contribution in [0.15, 0.2) is 55.0 Å². The van der Waals surface area contributed by atoms with Crippen molar-refractivity contribution >= 4 is 5.69 Å². The van der Waals surface area contributed by atoms with E-state index in [0.29, 0.717) is 6.54 Å². The van der Waals surface area contributed by atoms with Crippen LogP contribution in [0.2, 0.25) is 0 Å². The molecule has 0 bridgehead atoms. The average Bonchev–Trinajstić information content (AvgIpc) is 2.92. The predicted molar refractivity (Wildman–Crippen MR) is 78.0 cm³/mol. The Morgan fingerprint density at radius 2 is 1.80 bits per heavy atom. The SMILES string of the molecule is Cn1nccc1CNc1cnc(-c2ccccc2)nc1. The lowest BCUT2D eigenvalue weighted by atomic mass is 10.2. The van der Waals surface area contributed by atoms with Gasteiger partial charge in [0.1, 0.15) is 0 Å². The second-order valence-electron chi connectivity index (χ2n) is 4.46. The highest BCUT2D eigenvalue weighted by Crippen LogP contribution is 2.15. The van der Waals surface area contributed by atoms with Gasteiger partial charge in [0.05, 0.1) is 30.3 Å². The number of benzene rings is 1. The monoisotopic (exact) mass is 265 g/mol. The molecular weight excluding hydrogens is 250 g/mol. The maximum atomic E-state index is 4.38. The molecule has 1 aromatic carbocycles. The summed E-state index contributed by atoms with van der Waals surface area (Å²) in [6.45, 7) is 0.699. The van der Waals surface area contributed by atoms with E-state index in [0.717, 1.165) is 22.8 Å². The molecule has 0 aliphatic heterocycles. The van der Waals surface area contributed by atoms with Crippen molar-refractivity contribution < 1.29 is 0 Å². The summed E-state index contributed by atoms with van der Waals surface area (Å²) in [5, 5.41) is 7.41. The Morgan fingerprint density at radius 1 is 1.05 bits per heavy atom. The second kappa shape index (κ2) is 5.52. The quantitative estimate of drug-likeness (QED) is 0.787. The number of hydrogen-bond donors (Lipinski definition) is 1. The van der Waals surface area contributed by atoms with E-state index in [9.17, 15) is 0 Å². The standard InChI is InChI=1S/C15H15N5/c1-20-14(7-8-19-20)11-16-13-9-17-15(18-10-13)12-5-3-2-4-6-12/h2-10,16H,11H2,1H3. The number of aryl methyl sites for hydroxylation is 1. The van der Waals surface area contributed by atoms with Gasteiger partial charge in [-0.2, -0.15) is 5.10 Å². The average molecular weight is 265 g/mol. The minimum atomic E-state index is 0.699. The van der Waals surface area contributed by atoms with E-state index in [1.54, 1.807) is 18.6 Å². The fourth-order valence-corrected chi connectivity index (χ4v) is 1.92. The van der Waals surface area contributed by atoms with Gasteiger partial charge < -0.3 is 5.32 Å². The molecule has 2 heterocycles. The Morgan fingerprint density at radius 3 is 2.45 bits per heavy atom. The third-order valence-corrected chi connectivity index (χ3v) is 3.08. The van der Waals surface area contributed by atoms with Gasteiger partial charge in [0.25, 0.3) is 0 Å². The molecule has 0 saturated carbocycles. The molecule has 0 spiro atoms. The summed E-state index contributed by atoms with van der Waals surface area (Å²) in [4.78, 5) is 8.75. The topological polar surface area (TPSA) is 55.6 Å². The van der Waals surface area contributed by atoms with Crippen molar-refractivity contribution in [2.24, 2.45) is 7.05 Å². The number of nitrogens with zero attached hydrogens (tertiary/aromatic N) is 4. The van der Waals surface area contributed by atoms with E-state index < -0.39 is 0 Å². The van der Waals surface area contributed by atoms with Crippen molar-refractivity contribution in [1.29, 1.82) is 0 Å². The van der Waals surface area contributed by atoms with Crippen LogP contribution in [0.4, 0.5) is 5.69 Å². The van der Waals surface area contributed by atoms with Gasteiger partial charge >= 0.3 is 0 Å². The second-order valence-corrected chi connectivity index (χ2v) is 4.46. The van der Waals surface area contributed by atoms with Gasteiger partial charge in [0, 0.05) is 18.8 Å². The van der Waals surface area contributed by atoms with Gasteiger partial charge in [0.2, 0.25) is 0 Å². The molecule has 1 N–H and O–H groups in total. The van der Waals surface area contributed by atoms with Crippen LogP contribution in [0.25, 0.3) is 11.4 Å². The smallest absolute Gasteiger partial charge is 0.159 e. The van der Waals surface area contributed by atoms with Gasteiger partial charge in [-0.3, -0.25) is 4.68 Å². The summed E-state index contributed by atoms with van der Waals surface area (Å²) in [5.41, 5.74) is 3.02. The van der Waals surface area contributed by atoms with Crippen molar-refractivity contribution in [2.75, 3.05) is 5.32 Å². The molecule has 5 nitrogen and oxygen atoms in total. The molecule has 3 rings (SSSR count). The molecule has 0 atom stereocenters. The van der Waals surface area contributed by atoms with E-state index in [1.165, 1.54) is 0 Å². The zero-order valence-corrected chi connectivity index (χ0v) is 11.2. The highest BCUT2D eigenvalue weighted by molar-refractivity contribution is 5.55. The Kier molecular flexibility index (Phi) is 3.41. The molecule has 5 heteroatoms. The molecule has 0 aliphatic carbocycles. The zero-order chi connectivity index (χ0) is 13.8. The van der Waals surface area contributed by atoms with E-state index >= 15 is 0 Å². The highest BCUT2D eigenvalue weighted by atomic mass is 15.3. The molecule has 3 aromatic rings. The number of hydrogen-bond acceptors (Lipinski definition) is 4. The minimum Gasteiger partial charge on any atom is -0.377 e. The van der Waals surface area contributed by atoms with Gasteiger partial charge in [-0.1, -0.05) is 30.3 Å². The van der Waals surface area contributed by atoms with Crippen molar-refractivity contribution in [1.82, 2.24) is 19.7 Å². The molecule has 0 aliphatic rings. The molecule has 0 fully saturated rings. The molecule has 0 saturated heterocycles. The Labute approximate surface area is 117 Å².